The highest BCUT2D eigenvalue weighted by Gasteiger charge is 2.54. The minimum absolute atomic E-state index is 0.0863. The van der Waals surface area contributed by atoms with Crippen molar-refractivity contribution in [1.29, 1.82) is 0 Å². The number of esters is 2. The lowest BCUT2D eigenvalue weighted by molar-refractivity contribution is -0.384. The molecule has 0 saturated carbocycles. The number of anilines is 1. The van der Waals surface area contributed by atoms with E-state index in [4.69, 9.17) is 9.47 Å². The molecule has 2 aliphatic rings. The number of H-pyrrole nitrogens is 1. The number of nitrogens with zero attached hydrogens (tertiary/aromatic N) is 3. The highest BCUT2D eigenvalue weighted by molar-refractivity contribution is 8.00. The van der Waals surface area contributed by atoms with Crippen LogP contribution in [0, 0.1) is 10.1 Å². The number of carbonyl (C=O) groups excluding carboxylic acids is 3. The topological polar surface area (TPSA) is 157 Å². The number of benzene rings is 1. The Morgan fingerprint density at radius 2 is 2.12 bits per heavy atom. The van der Waals surface area contributed by atoms with Crippen LogP contribution < -0.4 is 5.32 Å². The van der Waals surface area contributed by atoms with Gasteiger partial charge >= 0.3 is 11.9 Å². The molecule has 1 aromatic carbocycles. The molecule has 0 aliphatic carbocycles. The van der Waals surface area contributed by atoms with Gasteiger partial charge in [0.1, 0.15) is 29.3 Å². The number of β-lactam (4-membered cyclic amide) rings is 1. The molecule has 13 heteroatoms. The first-order valence-corrected chi connectivity index (χ1v) is 11.4. The van der Waals surface area contributed by atoms with E-state index in [-0.39, 0.29) is 29.8 Å². The summed E-state index contributed by atoms with van der Waals surface area (Å²) in [5, 5.41) is 13.6. The van der Waals surface area contributed by atoms with Crippen LogP contribution in [0.15, 0.2) is 29.5 Å². The molecule has 0 bridgehead atoms. The number of nitro benzene ring substituents is 1. The molecule has 1 saturated heterocycles. The van der Waals surface area contributed by atoms with Crippen molar-refractivity contribution in [3.8, 4) is 0 Å². The lowest BCUT2D eigenvalue weighted by Crippen LogP contribution is -2.68. The summed E-state index contributed by atoms with van der Waals surface area (Å²) in [5.74, 6) is -0.890. The number of nitro groups is 1. The van der Waals surface area contributed by atoms with E-state index in [1.165, 1.54) is 35.7 Å². The van der Waals surface area contributed by atoms with Crippen molar-refractivity contribution in [3.63, 3.8) is 0 Å². The first-order chi connectivity index (χ1) is 15.9. The smallest absolute Gasteiger partial charge is 0.355 e. The van der Waals surface area contributed by atoms with Gasteiger partial charge in [-0.2, -0.15) is 0 Å². The zero-order chi connectivity index (χ0) is 24.8. The van der Waals surface area contributed by atoms with Gasteiger partial charge < -0.3 is 19.8 Å². The number of nitrogens with one attached hydrogen (secondary N) is 2. The lowest BCUT2D eigenvalue weighted by atomic mass is 10.0. The van der Waals surface area contributed by atoms with Crippen LogP contribution in [0.5, 0.6) is 0 Å². The summed E-state index contributed by atoms with van der Waals surface area (Å²) in [7, 11) is 0. The number of imidazole rings is 1. The molecule has 180 valence electrons. The van der Waals surface area contributed by atoms with Crippen molar-refractivity contribution in [1.82, 2.24) is 14.9 Å². The van der Waals surface area contributed by atoms with Crippen molar-refractivity contribution < 1.29 is 28.8 Å². The number of hydrogen-bond donors (Lipinski definition) is 2. The summed E-state index contributed by atoms with van der Waals surface area (Å²) in [6.07, 6.45) is 0. The Labute approximate surface area is 198 Å². The van der Waals surface area contributed by atoms with E-state index in [0.29, 0.717) is 22.4 Å². The van der Waals surface area contributed by atoms with E-state index in [0.717, 1.165) is 0 Å². The van der Waals surface area contributed by atoms with Gasteiger partial charge in [-0.3, -0.25) is 24.6 Å². The number of amides is 1. The number of hydrogen-bond acceptors (Lipinski definition) is 10. The molecule has 0 radical (unpaired) electrons. The van der Waals surface area contributed by atoms with Gasteiger partial charge in [-0.25, -0.2) is 9.78 Å². The average Bonchev–Trinajstić information content (AvgIpc) is 3.15. The minimum atomic E-state index is -0.779. The number of aromatic amines is 1. The van der Waals surface area contributed by atoms with Crippen LogP contribution in [-0.4, -0.2) is 67.0 Å². The van der Waals surface area contributed by atoms with Crippen molar-refractivity contribution in [2.75, 3.05) is 17.7 Å². The predicted octanol–water partition coefficient (Wildman–Crippen LogP) is 2.33. The third-order valence-corrected chi connectivity index (χ3v) is 6.40. The van der Waals surface area contributed by atoms with Crippen LogP contribution in [0.25, 0.3) is 11.0 Å². The maximum absolute atomic E-state index is 13.1. The largest absolute Gasteiger partial charge is 0.461 e. The molecule has 2 aliphatic heterocycles. The predicted molar refractivity (Wildman–Crippen MR) is 123 cm³/mol. The van der Waals surface area contributed by atoms with Gasteiger partial charge in [0.25, 0.3) is 11.6 Å². The van der Waals surface area contributed by atoms with Gasteiger partial charge in [-0.05, 0) is 26.8 Å². The molecule has 1 unspecified atom stereocenters. The van der Waals surface area contributed by atoms with Crippen LogP contribution in [0.4, 0.5) is 11.6 Å². The third-order valence-electron chi connectivity index (χ3n) is 5.06. The fourth-order valence-electron chi connectivity index (χ4n) is 3.62. The fraction of sp³-hybridized carbons (Fsp3) is 0.429. The second kappa shape index (κ2) is 8.63. The zero-order valence-corrected chi connectivity index (χ0v) is 19.7. The summed E-state index contributed by atoms with van der Waals surface area (Å²) < 4.78 is 10.6. The molecule has 2 atom stereocenters. The SMILES string of the molecule is CC(=O)OCC1=C(C(=O)OC(C)(C)C)N2C(=O)C(Nc3nc4cc([N+](=O)[O-])ccc4[nH]3)[C@@H]2SC1. The molecule has 1 aromatic heterocycles. The van der Waals surface area contributed by atoms with Crippen molar-refractivity contribution in [2.24, 2.45) is 0 Å². The number of carbonyl (C=O) groups is 3. The molecule has 1 fully saturated rings. The maximum Gasteiger partial charge on any atom is 0.355 e. The number of rotatable bonds is 6. The number of thioether (sulfide) groups is 1. The molecule has 0 spiro atoms. The van der Waals surface area contributed by atoms with Crippen LogP contribution in [0.3, 0.4) is 0 Å². The molecule has 34 heavy (non-hydrogen) atoms. The van der Waals surface area contributed by atoms with Gasteiger partial charge in [0.2, 0.25) is 5.95 Å². The summed E-state index contributed by atoms with van der Waals surface area (Å²) in [6, 6.07) is 3.56. The monoisotopic (exact) mass is 489 g/mol. The summed E-state index contributed by atoms with van der Waals surface area (Å²) in [4.78, 5) is 56.5. The lowest BCUT2D eigenvalue weighted by Gasteiger charge is -2.49. The Morgan fingerprint density at radius 3 is 2.76 bits per heavy atom. The van der Waals surface area contributed by atoms with Crippen molar-refractivity contribution in [3.05, 3.63) is 39.6 Å². The molecular weight excluding hydrogens is 466 g/mol. The Hall–Kier alpha value is -3.61. The molecule has 2 aromatic rings. The van der Waals surface area contributed by atoms with Crippen molar-refractivity contribution in [2.45, 2.75) is 44.7 Å². The fourth-order valence-corrected chi connectivity index (χ4v) is 4.95. The van der Waals surface area contributed by atoms with Gasteiger partial charge in [0.05, 0.1) is 16.0 Å². The number of ether oxygens (including phenoxy) is 2. The van der Waals surface area contributed by atoms with Gasteiger partial charge in [-0.15, -0.1) is 11.8 Å². The minimum Gasteiger partial charge on any atom is -0.461 e. The van der Waals surface area contributed by atoms with Gasteiger partial charge in [-0.1, -0.05) is 0 Å². The van der Waals surface area contributed by atoms with Gasteiger partial charge in [0.15, 0.2) is 0 Å². The van der Waals surface area contributed by atoms with Crippen molar-refractivity contribution >= 4 is 52.3 Å². The van der Waals surface area contributed by atoms with Crippen LogP contribution in [0.1, 0.15) is 27.7 Å². The van der Waals surface area contributed by atoms with Crippen LogP contribution in [0.2, 0.25) is 0 Å². The molecule has 2 N–H and O–H groups in total. The third kappa shape index (κ3) is 4.55. The molecule has 12 nitrogen and oxygen atoms in total. The highest BCUT2D eigenvalue weighted by Crippen LogP contribution is 2.42. The van der Waals surface area contributed by atoms with E-state index < -0.39 is 33.9 Å². The Bertz CT molecular complexity index is 1230. The normalized spacial score (nSPS) is 20.0. The highest BCUT2D eigenvalue weighted by atomic mass is 32.2. The maximum atomic E-state index is 13.1. The van der Waals surface area contributed by atoms with E-state index >= 15 is 0 Å². The Kier molecular flexibility index (Phi) is 5.98. The van der Waals surface area contributed by atoms with E-state index in [1.54, 1.807) is 26.8 Å². The zero-order valence-electron chi connectivity index (χ0n) is 18.9. The quantitative estimate of drug-likeness (QED) is 0.267. The molecule has 1 amide bonds. The van der Waals surface area contributed by atoms with Crippen LogP contribution in [-0.2, 0) is 23.9 Å². The first-order valence-electron chi connectivity index (χ1n) is 10.4. The number of non-ortho nitro benzene ring substituents is 1. The summed E-state index contributed by atoms with van der Waals surface area (Å²) in [6.45, 7) is 6.32. The van der Waals surface area contributed by atoms with Crippen LogP contribution >= 0.6 is 11.8 Å². The van der Waals surface area contributed by atoms with E-state index in [2.05, 4.69) is 15.3 Å². The van der Waals surface area contributed by atoms with E-state index in [9.17, 15) is 24.5 Å². The molecule has 3 heterocycles. The first kappa shape index (κ1) is 23.5. The number of fused-ring (bicyclic) bond motifs is 2. The average molecular weight is 490 g/mol. The summed E-state index contributed by atoms with van der Waals surface area (Å²) in [5.41, 5.74) is 0.670. The second-order valence-corrected chi connectivity index (χ2v) is 9.92. The molecule has 4 rings (SSSR count). The Morgan fingerprint density at radius 1 is 1.38 bits per heavy atom. The Balaban J connectivity index is 1.57. The number of aromatic nitrogens is 2. The van der Waals surface area contributed by atoms with Gasteiger partial charge in [0, 0.05) is 30.4 Å². The standard InChI is InChI=1S/C21H23N5O7S/c1-10(27)32-8-11-9-34-18-15(17(28)25(18)16(11)19(29)33-21(2,3)4)24-20-22-13-6-5-12(26(30)31)7-14(13)23-20/h5-7,15,18H,8-9H2,1-4H3,(H2,22,23,24)/t15?,18-/m0/s1. The summed E-state index contributed by atoms with van der Waals surface area (Å²) >= 11 is 1.41. The second-order valence-electron chi connectivity index (χ2n) is 8.81. The molecular formula is C21H23N5O7S. The van der Waals surface area contributed by atoms with E-state index in [1.807, 2.05) is 0 Å².